The van der Waals surface area contributed by atoms with Crippen LogP contribution in [0.25, 0.3) is 11.0 Å². The van der Waals surface area contributed by atoms with E-state index in [1.165, 1.54) is 7.11 Å². The van der Waals surface area contributed by atoms with E-state index in [0.29, 0.717) is 17.4 Å². The van der Waals surface area contributed by atoms with Crippen LogP contribution >= 0.6 is 0 Å². The van der Waals surface area contributed by atoms with Crippen LogP contribution in [0.5, 0.6) is 5.95 Å². The molecule has 3 rings (SSSR count). The van der Waals surface area contributed by atoms with Crippen LogP contribution in [-0.2, 0) is 0 Å². The van der Waals surface area contributed by atoms with E-state index in [0.717, 1.165) is 5.56 Å². The van der Waals surface area contributed by atoms with E-state index in [4.69, 9.17) is 9.15 Å². The van der Waals surface area contributed by atoms with E-state index >= 15 is 0 Å². The molecule has 2 aromatic carbocycles. The van der Waals surface area contributed by atoms with Crippen LogP contribution in [0.15, 0.2) is 63.8 Å². The summed E-state index contributed by atoms with van der Waals surface area (Å²) in [6, 6.07) is 16.3. The van der Waals surface area contributed by atoms with Gasteiger partial charge < -0.3 is 9.15 Å². The Kier molecular flexibility index (Phi) is 4.47. The molecule has 24 heavy (non-hydrogen) atoms. The average Bonchev–Trinajstić information content (AvgIpc) is 2.63. The van der Waals surface area contributed by atoms with Gasteiger partial charge in [-0.3, -0.25) is 9.59 Å². The second-order valence-electron chi connectivity index (χ2n) is 5.53. The maximum atomic E-state index is 13.1. The number of hydrogen-bond donors (Lipinski definition) is 0. The number of para-hydroxylation sites is 1. The molecule has 3 aromatic rings. The van der Waals surface area contributed by atoms with Gasteiger partial charge in [0.1, 0.15) is 11.1 Å². The minimum atomic E-state index is -0.413. The predicted molar refractivity (Wildman–Crippen MR) is 92.8 cm³/mol. The molecule has 0 aliphatic heterocycles. The van der Waals surface area contributed by atoms with Crippen molar-refractivity contribution in [3.05, 3.63) is 75.9 Å². The van der Waals surface area contributed by atoms with Crippen LogP contribution in [0.1, 0.15) is 35.2 Å². The van der Waals surface area contributed by atoms with Crippen molar-refractivity contribution < 1.29 is 13.9 Å². The molecular weight excluding hydrogens is 304 g/mol. The molecule has 1 heterocycles. The Morgan fingerprint density at radius 3 is 2.42 bits per heavy atom. The van der Waals surface area contributed by atoms with E-state index < -0.39 is 5.92 Å². The molecule has 4 nitrogen and oxygen atoms in total. The molecule has 1 aromatic heterocycles. The van der Waals surface area contributed by atoms with Crippen molar-refractivity contribution in [2.24, 2.45) is 0 Å². The molecule has 0 saturated heterocycles. The summed E-state index contributed by atoms with van der Waals surface area (Å²) in [7, 11) is 1.40. The van der Waals surface area contributed by atoms with E-state index in [2.05, 4.69) is 0 Å². The number of ether oxygens (including phenoxy) is 1. The number of Topliss-reactive ketones (excluding diaryl/α,β-unsaturated/α-hetero) is 1. The Balaban J connectivity index is 2.19. The topological polar surface area (TPSA) is 56.5 Å². The van der Waals surface area contributed by atoms with Gasteiger partial charge in [0.15, 0.2) is 5.78 Å². The standard InChI is InChI=1S/C20H18O4/c1-3-14(13-9-5-4-6-10-13)18(21)17-19(22)15-11-7-8-12-16(15)24-20(17)23-2/h4-12,14H,3H2,1-2H3/t14-/m0/s1. The molecule has 0 fully saturated rings. The van der Waals surface area contributed by atoms with Crippen molar-refractivity contribution in [3.63, 3.8) is 0 Å². The van der Waals surface area contributed by atoms with E-state index in [1.807, 2.05) is 37.3 Å². The summed E-state index contributed by atoms with van der Waals surface area (Å²) in [6.07, 6.45) is 0.582. The first kappa shape index (κ1) is 16.0. The lowest BCUT2D eigenvalue weighted by Gasteiger charge is -2.15. The maximum absolute atomic E-state index is 13.1. The third-order valence-corrected chi connectivity index (χ3v) is 4.12. The number of carbonyl (C=O) groups excluding carboxylic acids is 1. The third kappa shape index (κ3) is 2.71. The normalized spacial score (nSPS) is 12.1. The summed E-state index contributed by atoms with van der Waals surface area (Å²) in [6.45, 7) is 1.92. The molecule has 0 radical (unpaired) electrons. The zero-order valence-corrected chi connectivity index (χ0v) is 13.6. The Hall–Kier alpha value is -2.88. The highest BCUT2D eigenvalue weighted by atomic mass is 16.6. The first-order chi connectivity index (χ1) is 11.7. The van der Waals surface area contributed by atoms with Crippen molar-refractivity contribution in [1.29, 1.82) is 0 Å². The molecular formula is C20H18O4. The van der Waals surface area contributed by atoms with Gasteiger partial charge in [-0.25, -0.2) is 0 Å². The van der Waals surface area contributed by atoms with Crippen LogP contribution in [-0.4, -0.2) is 12.9 Å². The summed E-state index contributed by atoms with van der Waals surface area (Å²) in [5.41, 5.74) is 0.906. The summed E-state index contributed by atoms with van der Waals surface area (Å²) in [5.74, 6) is -0.720. The van der Waals surface area contributed by atoms with Gasteiger partial charge in [0.2, 0.25) is 5.43 Å². The quantitative estimate of drug-likeness (QED) is 0.661. The lowest BCUT2D eigenvalue weighted by Crippen LogP contribution is -2.22. The van der Waals surface area contributed by atoms with Crippen molar-refractivity contribution in [1.82, 2.24) is 0 Å². The zero-order valence-electron chi connectivity index (χ0n) is 13.6. The number of hydrogen-bond acceptors (Lipinski definition) is 4. The zero-order chi connectivity index (χ0) is 17.1. The van der Waals surface area contributed by atoms with Crippen molar-refractivity contribution in [2.75, 3.05) is 7.11 Å². The van der Waals surface area contributed by atoms with Gasteiger partial charge in [0.25, 0.3) is 5.95 Å². The van der Waals surface area contributed by atoms with Gasteiger partial charge in [-0.15, -0.1) is 0 Å². The number of ketones is 1. The summed E-state index contributed by atoms with van der Waals surface area (Å²) < 4.78 is 10.8. The second kappa shape index (κ2) is 6.71. The van der Waals surface area contributed by atoms with Crippen LogP contribution in [0.2, 0.25) is 0 Å². The van der Waals surface area contributed by atoms with Gasteiger partial charge >= 0.3 is 0 Å². The molecule has 0 unspecified atom stereocenters. The molecule has 0 saturated carbocycles. The van der Waals surface area contributed by atoms with Crippen LogP contribution < -0.4 is 10.2 Å². The second-order valence-corrected chi connectivity index (χ2v) is 5.53. The molecule has 0 amide bonds. The highest BCUT2D eigenvalue weighted by Crippen LogP contribution is 2.29. The third-order valence-electron chi connectivity index (χ3n) is 4.12. The lowest BCUT2D eigenvalue weighted by molar-refractivity contribution is 0.0948. The van der Waals surface area contributed by atoms with Gasteiger partial charge in [-0.05, 0) is 24.1 Å². The molecule has 122 valence electrons. The van der Waals surface area contributed by atoms with Gasteiger partial charge in [-0.1, -0.05) is 49.4 Å². The number of methoxy groups -OCH3 is 1. The largest absolute Gasteiger partial charge is 0.468 e. The highest BCUT2D eigenvalue weighted by molar-refractivity contribution is 6.04. The van der Waals surface area contributed by atoms with Gasteiger partial charge in [-0.2, -0.15) is 0 Å². The fraction of sp³-hybridized carbons (Fsp3) is 0.200. The molecule has 4 heteroatoms. The van der Waals surface area contributed by atoms with Crippen LogP contribution in [0, 0.1) is 0 Å². The first-order valence-corrected chi connectivity index (χ1v) is 7.86. The average molecular weight is 322 g/mol. The Morgan fingerprint density at radius 1 is 1.08 bits per heavy atom. The van der Waals surface area contributed by atoms with Gasteiger partial charge in [0, 0.05) is 5.92 Å². The first-order valence-electron chi connectivity index (χ1n) is 7.86. The van der Waals surface area contributed by atoms with E-state index in [9.17, 15) is 9.59 Å². The summed E-state index contributed by atoms with van der Waals surface area (Å²) in [5, 5.41) is 0.379. The molecule has 0 aliphatic carbocycles. The minimum absolute atomic E-state index is 0.0214. The van der Waals surface area contributed by atoms with E-state index in [-0.39, 0.29) is 22.7 Å². The molecule has 0 spiro atoms. The number of fused-ring (bicyclic) bond motifs is 1. The van der Waals surface area contributed by atoms with Crippen LogP contribution in [0.4, 0.5) is 0 Å². The van der Waals surface area contributed by atoms with Crippen molar-refractivity contribution in [2.45, 2.75) is 19.3 Å². The fourth-order valence-electron chi connectivity index (χ4n) is 2.91. The fourth-order valence-corrected chi connectivity index (χ4v) is 2.91. The molecule has 0 aliphatic rings. The summed E-state index contributed by atoms with van der Waals surface area (Å²) in [4.78, 5) is 25.9. The molecule has 0 N–H and O–H groups in total. The molecule has 0 bridgehead atoms. The number of benzene rings is 2. The van der Waals surface area contributed by atoms with Crippen LogP contribution in [0.3, 0.4) is 0 Å². The van der Waals surface area contributed by atoms with Crippen molar-refractivity contribution in [3.8, 4) is 5.95 Å². The minimum Gasteiger partial charge on any atom is -0.468 e. The monoisotopic (exact) mass is 322 g/mol. The summed E-state index contributed by atoms with van der Waals surface area (Å²) >= 11 is 0. The number of rotatable bonds is 5. The highest BCUT2D eigenvalue weighted by Gasteiger charge is 2.28. The van der Waals surface area contributed by atoms with Gasteiger partial charge in [0.05, 0.1) is 12.5 Å². The van der Waals surface area contributed by atoms with Crippen molar-refractivity contribution >= 4 is 16.8 Å². The lowest BCUT2D eigenvalue weighted by atomic mass is 9.88. The predicted octanol–water partition coefficient (Wildman–Crippen LogP) is 4.18. The molecule has 1 atom stereocenters. The Bertz CT molecular complexity index is 925. The number of carbonyl (C=O) groups is 1. The smallest absolute Gasteiger partial charge is 0.299 e. The van der Waals surface area contributed by atoms with E-state index in [1.54, 1.807) is 24.3 Å². The maximum Gasteiger partial charge on any atom is 0.299 e. The Morgan fingerprint density at radius 2 is 1.75 bits per heavy atom. The SMILES string of the molecule is CC[C@H](C(=O)c1c(OC)oc2ccccc2c1=O)c1ccccc1. The Labute approximate surface area is 139 Å².